The van der Waals surface area contributed by atoms with E-state index in [4.69, 9.17) is 4.74 Å². The number of amides is 2. The van der Waals surface area contributed by atoms with E-state index in [1.807, 2.05) is 50.4 Å². The van der Waals surface area contributed by atoms with Crippen LogP contribution in [0.4, 0.5) is 5.00 Å². The zero-order valence-electron chi connectivity index (χ0n) is 24.4. The summed E-state index contributed by atoms with van der Waals surface area (Å²) in [7, 11) is 0. The Labute approximate surface area is 255 Å². The van der Waals surface area contributed by atoms with Crippen molar-refractivity contribution in [3.05, 3.63) is 81.4 Å². The third-order valence-electron chi connectivity index (χ3n) is 7.67. The molecule has 0 aliphatic heterocycles. The first kappa shape index (κ1) is 29.9. The second kappa shape index (κ2) is 13.6. The highest BCUT2D eigenvalue weighted by atomic mass is 32.2. The minimum Gasteiger partial charge on any atom is -0.462 e. The molecule has 0 atom stereocenters. The third kappa shape index (κ3) is 6.73. The Morgan fingerprint density at radius 2 is 1.83 bits per heavy atom. The molecule has 2 N–H and O–H groups in total. The first-order valence-electron chi connectivity index (χ1n) is 14.5. The van der Waals surface area contributed by atoms with E-state index in [2.05, 4.69) is 27.3 Å². The van der Waals surface area contributed by atoms with Crippen LogP contribution in [0.2, 0.25) is 0 Å². The number of aromatic nitrogens is 1. The quantitative estimate of drug-likeness (QED) is 0.117. The zero-order chi connectivity index (χ0) is 29.6. The summed E-state index contributed by atoms with van der Waals surface area (Å²) in [6.45, 7) is 7.22. The fourth-order valence-corrected chi connectivity index (χ4v) is 7.53. The lowest BCUT2D eigenvalue weighted by atomic mass is 10.1. The number of anilines is 1. The molecule has 2 aromatic heterocycles. The molecule has 0 unspecified atom stereocenters. The van der Waals surface area contributed by atoms with Gasteiger partial charge < -0.3 is 19.9 Å². The molecular formula is C33H37N3O4S2. The van der Waals surface area contributed by atoms with Gasteiger partial charge in [0.15, 0.2) is 0 Å². The van der Waals surface area contributed by atoms with Crippen LogP contribution in [0, 0.1) is 13.8 Å². The molecule has 0 saturated carbocycles. The monoisotopic (exact) mass is 603 g/mol. The maximum atomic E-state index is 13.1. The summed E-state index contributed by atoms with van der Waals surface area (Å²) in [4.78, 5) is 40.9. The number of aryl methyl sites for hydroxylation is 3. The van der Waals surface area contributed by atoms with Crippen molar-refractivity contribution in [1.82, 2.24) is 9.88 Å². The van der Waals surface area contributed by atoms with Gasteiger partial charge in [-0.1, -0.05) is 30.7 Å². The minimum absolute atomic E-state index is 0.0890. The second-order valence-electron chi connectivity index (χ2n) is 10.6. The average molecular weight is 604 g/mol. The third-order valence-corrected chi connectivity index (χ3v) is 9.92. The molecule has 2 heterocycles. The first-order chi connectivity index (χ1) is 20.4. The van der Waals surface area contributed by atoms with Crippen molar-refractivity contribution in [2.24, 2.45) is 0 Å². The van der Waals surface area contributed by atoms with Gasteiger partial charge >= 0.3 is 5.97 Å². The molecule has 0 saturated heterocycles. The van der Waals surface area contributed by atoms with Crippen molar-refractivity contribution < 1.29 is 19.1 Å². The minimum atomic E-state index is -0.354. The van der Waals surface area contributed by atoms with E-state index in [-0.39, 0.29) is 23.5 Å². The number of thiophene rings is 1. The molecule has 5 rings (SSSR count). The van der Waals surface area contributed by atoms with Crippen molar-refractivity contribution in [3.8, 4) is 0 Å². The van der Waals surface area contributed by atoms with Gasteiger partial charge in [-0.25, -0.2) is 4.79 Å². The SMILES string of the molecule is CCOC(=O)c1c(NC(=O)CSc2cn(CCNC(=O)c3ccc(C)c(C)c3)c3ccccc23)sc2c1CCCCC2. The second-order valence-corrected chi connectivity index (χ2v) is 12.7. The number of rotatable bonds is 10. The highest BCUT2D eigenvalue weighted by Gasteiger charge is 2.26. The number of nitrogens with zero attached hydrogens (tertiary/aromatic N) is 1. The molecule has 0 bridgehead atoms. The number of esters is 1. The van der Waals surface area contributed by atoms with Gasteiger partial charge in [-0.3, -0.25) is 9.59 Å². The number of thioether (sulfide) groups is 1. The van der Waals surface area contributed by atoms with Gasteiger partial charge in [0.05, 0.1) is 17.9 Å². The summed E-state index contributed by atoms with van der Waals surface area (Å²) in [6, 6.07) is 13.8. The molecule has 9 heteroatoms. The van der Waals surface area contributed by atoms with Crippen molar-refractivity contribution >= 4 is 56.8 Å². The Hall–Kier alpha value is -3.56. The summed E-state index contributed by atoms with van der Waals surface area (Å²) in [5, 5.41) is 7.72. The Morgan fingerprint density at radius 1 is 1.02 bits per heavy atom. The van der Waals surface area contributed by atoms with Crippen LogP contribution >= 0.6 is 23.1 Å². The normalized spacial score (nSPS) is 12.9. The Morgan fingerprint density at radius 3 is 2.64 bits per heavy atom. The molecule has 1 aliphatic carbocycles. The lowest BCUT2D eigenvalue weighted by Gasteiger charge is -2.09. The van der Waals surface area contributed by atoms with E-state index in [9.17, 15) is 14.4 Å². The predicted octanol–water partition coefficient (Wildman–Crippen LogP) is 6.93. The number of fused-ring (bicyclic) bond motifs is 2. The molecule has 2 aromatic carbocycles. The van der Waals surface area contributed by atoms with Crippen LogP contribution in [-0.2, 0) is 28.9 Å². The molecular weight excluding hydrogens is 567 g/mol. The van der Waals surface area contributed by atoms with E-state index >= 15 is 0 Å². The summed E-state index contributed by atoms with van der Waals surface area (Å²) >= 11 is 2.99. The number of carbonyl (C=O) groups excluding carboxylic acids is 3. The van der Waals surface area contributed by atoms with Gasteiger partial charge in [0.25, 0.3) is 5.91 Å². The van der Waals surface area contributed by atoms with Gasteiger partial charge in [-0.2, -0.15) is 0 Å². The molecule has 4 aromatic rings. The van der Waals surface area contributed by atoms with Crippen molar-refractivity contribution in [2.45, 2.75) is 64.3 Å². The van der Waals surface area contributed by atoms with Crippen LogP contribution in [-0.4, -0.2) is 41.3 Å². The van der Waals surface area contributed by atoms with Gasteiger partial charge in [0.1, 0.15) is 5.00 Å². The molecule has 1 aliphatic rings. The molecule has 42 heavy (non-hydrogen) atoms. The molecule has 220 valence electrons. The van der Waals surface area contributed by atoms with Gasteiger partial charge in [-0.15, -0.1) is 23.1 Å². The Balaban J connectivity index is 1.25. The van der Waals surface area contributed by atoms with Crippen molar-refractivity contribution in [1.29, 1.82) is 0 Å². The van der Waals surface area contributed by atoms with Crippen LogP contribution in [0.25, 0.3) is 10.9 Å². The van der Waals surface area contributed by atoms with E-state index in [0.29, 0.717) is 35.8 Å². The van der Waals surface area contributed by atoms with E-state index in [1.54, 1.807) is 6.92 Å². The Bertz CT molecular complexity index is 1620. The standard InChI is InChI=1S/C33H37N3O4S2/c1-4-40-33(39)30-25-11-6-5-7-13-27(25)42-32(30)35-29(37)20-41-28-19-36(26-12-9-8-10-24(26)28)17-16-34-31(38)23-15-14-21(2)22(3)18-23/h8-10,12,14-15,18-19H,4-7,11,13,16-17,20H2,1-3H3,(H,34,38)(H,35,37). The molecule has 0 radical (unpaired) electrons. The van der Waals surface area contributed by atoms with Gasteiger partial charge in [-0.05, 0) is 81.3 Å². The number of para-hydroxylation sites is 1. The molecule has 0 spiro atoms. The van der Waals surface area contributed by atoms with Crippen LogP contribution < -0.4 is 10.6 Å². The number of nitrogens with one attached hydrogen (secondary N) is 2. The van der Waals surface area contributed by atoms with Gasteiger partial charge in [0.2, 0.25) is 5.91 Å². The number of hydrogen-bond acceptors (Lipinski definition) is 6. The Kier molecular flexibility index (Phi) is 9.69. The fourth-order valence-electron chi connectivity index (χ4n) is 5.34. The van der Waals surface area contributed by atoms with E-state index in [0.717, 1.165) is 64.6 Å². The first-order valence-corrected chi connectivity index (χ1v) is 16.3. The van der Waals surface area contributed by atoms with Crippen LogP contribution in [0.15, 0.2) is 53.6 Å². The topological polar surface area (TPSA) is 89.4 Å². The summed E-state index contributed by atoms with van der Waals surface area (Å²) in [6.07, 6.45) is 7.10. The zero-order valence-corrected chi connectivity index (χ0v) is 26.0. The van der Waals surface area contributed by atoms with Crippen LogP contribution in [0.3, 0.4) is 0 Å². The van der Waals surface area contributed by atoms with Crippen LogP contribution in [0.1, 0.15) is 68.5 Å². The van der Waals surface area contributed by atoms with Crippen molar-refractivity contribution in [3.63, 3.8) is 0 Å². The lowest BCUT2D eigenvalue weighted by Crippen LogP contribution is -2.27. The maximum absolute atomic E-state index is 13.1. The largest absolute Gasteiger partial charge is 0.462 e. The van der Waals surface area contributed by atoms with Crippen LogP contribution in [0.5, 0.6) is 0 Å². The average Bonchev–Trinajstić information content (AvgIpc) is 3.41. The smallest absolute Gasteiger partial charge is 0.341 e. The highest BCUT2D eigenvalue weighted by Crippen LogP contribution is 2.38. The number of benzene rings is 2. The van der Waals surface area contributed by atoms with E-state index in [1.165, 1.54) is 28.0 Å². The van der Waals surface area contributed by atoms with E-state index < -0.39 is 0 Å². The molecule has 7 nitrogen and oxygen atoms in total. The summed E-state index contributed by atoms with van der Waals surface area (Å²) in [5.74, 6) is -0.386. The molecule has 2 amide bonds. The van der Waals surface area contributed by atoms with Crippen molar-refractivity contribution in [2.75, 3.05) is 24.2 Å². The number of carbonyl (C=O) groups is 3. The maximum Gasteiger partial charge on any atom is 0.341 e. The van der Waals surface area contributed by atoms with Gasteiger partial charge in [0, 0.05) is 45.5 Å². The highest BCUT2D eigenvalue weighted by molar-refractivity contribution is 8.00. The lowest BCUT2D eigenvalue weighted by molar-refractivity contribution is -0.113. The predicted molar refractivity (Wildman–Crippen MR) is 171 cm³/mol. The number of ether oxygens (including phenoxy) is 1. The number of hydrogen-bond donors (Lipinski definition) is 2. The summed E-state index contributed by atoms with van der Waals surface area (Å²) < 4.78 is 7.48. The fraction of sp³-hybridized carbons (Fsp3) is 0.364. The molecule has 0 fully saturated rings. The summed E-state index contributed by atoms with van der Waals surface area (Å²) in [5.41, 5.74) is 5.55.